The van der Waals surface area contributed by atoms with Crippen LogP contribution in [0.4, 0.5) is 0 Å². The molecule has 0 aromatic heterocycles. The van der Waals surface area contributed by atoms with Crippen molar-refractivity contribution < 1.29 is 4.74 Å². The van der Waals surface area contributed by atoms with E-state index in [1.807, 2.05) is 0 Å². The van der Waals surface area contributed by atoms with E-state index in [1.54, 1.807) is 0 Å². The fourth-order valence-corrected chi connectivity index (χ4v) is 4.15. The van der Waals surface area contributed by atoms with Gasteiger partial charge in [-0.3, -0.25) is 4.90 Å². The first-order valence-electron chi connectivity index (χ1n) is 7.62. The van der Waals surface area contributed by atoms with Gasteiger partial charge in [0, 0.05) is 12.6 Å². The van der Waals surface area contributed by atoms with Crippen LogP contribution >= 0.6 is 0 Å². The van der Waals surface area contributed by atoms with Crippen molar-refractivity contribution >= 4 is 0 Å². The first kappa shape index (κ1) is 14.3. The van der Waals surface area contributed by atoms with E-state index in [9.17, 15) is 0 Å². The van der Waals surface area contributed by atoms with Crippen molar-refractivity contribution in [3.63, 3.8) is 0 Å². The lowest BCUT2D eigenvalue weighted by Crippen LogP contribution is -2.53. The maximum Gasteiger partial charge on any atom is 0.138 e. The SMILES string of the molecule is CC(C)(C)C(N1CCCCCC2OC21)C(C)(C)C. The first-order chi connectivity index (χ1) is 8.21. The Morgan fingerprint density at radius 1 is 0.944 bits per heavy atom. The lowest BCUT2D eigenvalue weighted by atomic mass is 9.71. The first-order valence-corrected chi connectivity index (χ1v) is 7.62. The van der Waals surface area contributed by atoms with E-state index < -0.39 is 0 Å². The van der Waals surface area contributed by atoms with Crippen molar-refractivity contribution in [3.8, 4) is 0 Å². The van der Waals surface area contributed by atoms with Crippen LogP contribution in [0, 0.1) is 10.8 Å². The van der Waals surface area contributed by atoms with Gasteiger partial charge in [-0.25, -0.2) is 0 Å². The average molecular weight is 253 g/mol. The zero-order chi connectivity index (χ0) is 13.6. The monoisotopic (exact) mass is 253 g/mol. The summed E-state index contributed by atoms with van der Waals surface area (Å²) in [6, 6.07) is 0.582. The fourth-order valence-electron chi connectivity index (χ4n) is 4.15. The molecule has 0 N–H and O–H groups in total. The Morgan fingerprint density at radius 2 is 1.56 bits per heavy atom. The van der Waals surface area contributed by atoms with Crippen LogP contribution in [-0.4, -0.2) is 29.8 Å². The van der Waals surface area contributed by atoms with E-state index in [2.05, 4.69) is 46.4 Å². The minimum absolute atomic E-state index is 0.300. The fraction of sp³-hybridized carbons (Fsp3) is 1.00. The molecule has 18 heavy (non-hydrogen) atoms. The van der Waals surface area contributed by atoms with Gasteiger partial charge in [0.05, 0.1) is 6.10 Å². The van der Waals surface area contributed by atoms with Gasteiger partial charge < -0.3 is 4.74 Å². The van der Waals surface area contributed by atoms with E-state index in [0.29, 0.717) is 29.2 Å². The summed E-state index contributed by atoms with van der Waals surface area (Å²) >= 11 is 0. The van der Waals surface area contributed by atoms with Gasteiger partial charge in [-0.05, 0) is 23.7 Å². The molecule has 2 fully saturated rings. The molecule has 0 amide bonds. The molecule has 2 aliphatic heterocycles. The van der Waals surface area contributed by atoms with Gasteiger partial charge >= 0.3 is 0 Å². The summed E-state index contributed by atoms with van der Waals surface area (Å²) in [5, 5.41) is 0. The normalized spacial score (nSPS) is 30.8. The second-order valence-corrected chi connectivity index (χ2v) is 8.29. The largest absolute Gasteiger partial charge is 0.353 e. The van der Waals surface area contributed by atoms with Gasteiger partial charge in [0.25, 0.3) is 0 Å². The molecule has 0 spiro atoms. The molecule has 0 radical (unpaired) electrons. The maximum atomic E-state index is 5.95. The van der Waals surface area contributed by atoms with Gasteiger partial charge in [0.15, 0.2) is 0 Å². The summed E-state index contributed by atoms with van der Waals surface area (Å²) in [6.07, 6.45) is 6.25. The van der Waals surface area contributed by atoms with Crippen molar-refractivity contribution in [1.82, 2.24) is 4.90 Å². The van der Waals surface area contributed by atoms with E-state index in [0.717, 1.165) is 0 Å². The molecule has 106 valence electrons. The molecule has 0 bridgehead atoms. The summed E-state index contributed by atoms with van der Waals surface area (Å²) in [5.74, 6) is 0. The molecule has 2 heterocycles. The highest BCUT2D eigenvalue weighted by atomic mass is 16.6. The van der Waals surface area contributed by atoms with Gasteiger partial charge in [0.2, 0.25) is 0 Å². The summed E-state index contributed by atoms with van der Waals surface area (Å²) in [6.45, 7) is 15.5. The third kappa shape index (κ3) is 3.08. The minimum Gasteiger partial charge on any atom is -0.353 e. The Hall–Kier alpha value is -0.0800. The van der Waals surface area contributed by atoms with E-state index in [1.165, 1.54) is 32.2 Å². The van der Waals surface area contributed by atoms with Gasteiger partial charge in [-0.15, -0.1) is 0 Å². The molecular formula is C16H31NO. The summed E-state index contributed by atoms with van der Waals surface area (Å²) in [7, 11) is 0. The molecule has 0 aromatic rings. The molecular weight excluding hydrogens is 222 g/mol. The molecule has 0 aliphatic carbocycles. The van der Waals surface area contributed by atoms with Crippen LogP contribution in [-0.2, 0) is 4.74 Å². The van der Waals surface area contributed by atoms with Crippen LogP contribution in [0.2, 0.25) is 0 Å². The molecule has 2 saturated heterocycles. The number of likely N-dealkylation sites (tertiary alicyclic amines) is 1. The summed E-state index contributed by atoms with van der Waals surface area (Å²) in [4.78, 5) is 2.67. The van der Waals surface area contributed by atoms with Crippen molar-refractivity contribution in [2.45, 2.75) is 85.6 Å². The van der Waals surface area contributed by atoms with Crippen LogP contribution < -0.4 is 0 Å². The molecule has 2 unspecified atom stereocenters. The highest BCUT2D eigenvalue weighted by Gasteiger charge is 2.50. The quantitative estimate of drug-likeness (QED) is 0.655. The lowest BCUT2D eigenvalue weighted by Gasteiger charge is -2.48. The summed E-state index contributed by atoms with van der Waals surface area (Å²) in [5.41, 5.74) is 0.599. The number of hydrogen-bond acceptors (Lipinski definition) is 2. The Kier molecular flexibility index (Phi) is 3.81. The molecule has 2 aliphatic rings. The number of rotatable bonds is 1. The van der Waals surface area contributed by atoms with E-state index in [-0.39, 0.29) is 0 Å². The van der Waals surface area contributed by atoms with Crippen LogP contribution in [0.25, 0.3) is 0 Å². The Morgan fingerprint density at radius 3 is 2.11 bits per heavy atom. The second kappa shape index (κ2) is 4.79. The number of fused-ring (bicyclic) bond motifs is 1. The zero-order valence-corrected chi connectivity index (χ0v) is 13.1. The smallest absolute Gasteiger partial charge is 0.138 e. The summed E-state index contributed by atoms with van der Waals surface area (Å²) < 4.78 is 5.95. The van der Waals surface area contributed by atoms with E-state index >= 15 is 0 Å². The average Bonchev–Trinajstić information content (AvgIpc) is 2.85. The van der Waals surface area contributed by atoms with Crippen molar-refractivity contribution in [1.29, 1.82) is 0 Å². The predicted molar refractivity (Wildman–Crippen MR) is 76.5 cm³/mol. The molecule has 2 heteroatoms. The Labute approximate surface area is 113 Å². The second-order valence-electron chi connectivity index (χ2n) is 8.29. The van der Waals surface area contributed by atoms with E-state index in [4.69, 9.17) is 4.74 Å². The van der Waals surface area contributed by atoms with Crippen LogP contribution in [0.15, 0.2) is 0 Å². The number of nitrogens with zero attached hydrogens (tertiary/aromatic N) is 1. The number of hydrogen-bond donors (Lipinski definition) is 0. The Bertz CT molecular complexity index is 272. The molecule has 2 atom stereocenters. The van der Waals surface area contributed by atoms with Gasteiger partial charge in [-0.2, -0.15) is 0 Å². The van der Waals surface area contributed by atoms with Crippen molar-refractivity contribution in [3.05, 3.63) is 0 Å². The highest BCUT2D eigenvalue weighted by molar-refractivity contribution is 4.98. The molecule has 2 nitrogen and oxygen atoms in total. The molecule has 0 aromatic carbocycles. The number of epoxide rings is 1. The highest BCUT2D eigenvalue weighted by Crippen LogP contribution is 2.44. The molecule has 0 saturated carbocycles. The Balaban J connectivity index is 2.19. The standard InChI is InChI=1S/C16H31NO/c1-15(2,3)14(16(4,5)6)17-11-9-7-8-10-12-13(17)18-12/h12-14H,7-11H2,1-6H3. The predicted octanol–water partition coefficient (Wildman–Crippen LogP) is 4.05. The zero-order valence-electron chi connectivity index (χ0n) is 13.1. The van der Waals surface area contributed by atoms with Crippen molar-refractivity contribution in [2.75, 3.05) is 6.54 Å². The third-order valence-corrected chi connectivity index (χ3v) is 4.26. The third-order valence-electron chi connectivity index (χ3n) is 4.26. The minimum atomic E-state index is 0.300. The van der Waals surface area contributed by atoms with Gasteiger partial charge in [-0.1, -0.05) is 54.4 Å². The van der Waals surface area contributed by atoms with Crippen LogP contribution in [0.1, 0.15) is 67.2 Å². The van der Waals surface area contributed by atoms with Gasteiger partial charge in [0.1, 0.15) is 6.23 Å². The molecule has 2 rings (SSSR count). The topological polar surface area (TPSA) is 15.8 Å². The van der Waals surface area contributed by atoms with Crippen molar-refractivity contribution in [2.24, 2.45) is 10.8 Å². The van der Waals surface area contributed by atoms with Crippen LogP contribution in [0.3, 0.4) is 0 Å². The number of ether oxygens (including phenoxy) is 1. The van der Waals surface area contributed by atoms with Crippen LogP contribution in [0.5, 0.6) is 0 Å². The lowest BCUT2D eigenvalue weighted by molar-refractivity contribution is -0.0135. The maximum absolute atomic E-state index is 5.95.